The number of hydrogen-bond acceptors (Lipinski definition) is 4. The summed E-state index contributed by atoms with van der Waals surface area (Å²) in [6.07, 6.45) is 4.16. The first-order valence-electron chi connectivity index (χ1n) is 6.79. The predicted molar refractivity (Wildman–Crippen MR) is 80.9 cm³/mol. The Labute approximate surface area is 126 Å². The van der Waals surface area contributed by atoms with Crippen molar-refractivity contribution in [2.45, 2.75) is 45.2 Å². The lowest BCUT2D eigenvalue weighted by Gasteiger charge is -2.12. The fourth-order valence-corrected chi connectivity index (χ4v) is 2.20. The fourth-order valence-electron chi connectivity index (χ4n) is 1.77. The summed E-state index contributed by atoms with van der Waals surface area (Å²) in [5.41, 5.74) is 0.443. The predicted octanol–water partition coefficient (Wildman–Crippen LogP) is 1.67. The van der Waals surface area contributed by atoms with Gasteiger partial charge in [-0.05, 0) is 42.6 Å². The molecule has 0 aliphatic heterocycles. The van der Waals surface area contributed by atoms with Gasteiger partial charge in [0.1, 0.15) is 4.47 Å². The van der Waals surface area contributed by atoms with Crippen LogP contribution in [0.3, 0.4) is 0 Å². The molecule has 0 unspecified atom stereocenters. The Morgan fingerprint density at radius 2 is 2.25 bits per heavy atom. The highest BCUT2D eigenvalue weighted by Gasteiger charge is 2.22. The van der Waals surface area contributed by atoms with Crippen molar-refractivity contribution in [3.8, 4) is 0 Å². The van der Waals surface area contributed by atoms with E-state index in [1.54, 1.807) is 6.20 Å². The number of amides is 1. The van der Waals surface area contributed by atoms with Gasteiger partial charge in [-0.2, -0.15) is 5.10 Å². The van der Waals surface area contributed by atoms with Gasteiger partial charge < -0.3 is 10.6 Å². The molecule has 1 fully saturated rings. The van der Waals surface area contributed by atoms with Crippen molar-refractivity contribution in [3.05, 3.63) is 21.0 Å². The quantitative estimate of drug-likeness (QED) is 0.824. The van der Waals surface area contributed by atoms with Gasteiger partial charge in [0.05, 0.1) is 17.9 Å². The summed E-state index contributed by atoms with van der Waals surface area (Å²) in [5.74, 6) is 0.0413. The van der Waals surface area contributed by atoms with Gasteiger partial charge in [-0.1, -0.05) is 0 Å². The molecule has 20 heavy (non-hydrogen) atoms. The third kappa shape index (κ3) is 3.82. The van der Waals surface area contributed by atoms with E-state index in [0.29, 0.717) is 29.2 Å². The van der Waals surface area contributed by atoms with Crippen molar-refractivity contribution >= 4 is 27.5 Å². The second-order valence-corrected chi connectivity index (χ2v) is 6.03. The van der Waals surface area contributed by atoms with Crippen molar-refractivity contribution in [3.63, 3.8) is 0 Å². The van der Waals surface area contributed by atoms with E-state index in [-0.39, 0.29) is 17.5 Å². The third-order valence-corrected chi connectivity index (χ3v) is 3.81. The number of carbonyl (C=O) groups is 1. The molecule has 1 saturated carbocycles. The number of anilines is 1. The van der Waals surface area contributed by atoms with Crippen LogP contribution in [0.2, 0.25) is 0 Å². The first-order valence-corrected chi connectivity index (χ1v) is 7.59. The molecule has 1 aliphatic rings. The summed E-state index contributed by atoms with van der Waals surface area (Å²) in [4.78, 5) is 23.6. The largest absolute Gasteiger partial charge is 0.382 e. The van der Waals surface area contributed by atoms with Gasteiger partial charge in [-0.15, -0.1) is 0 Å². The maximum absolute atomic E-state index is 12.0. The maximum atomic E-state index is 12.0. The van der Waals surface area contributed by atoms with Crippen LogP contribution in [0, 0.1) is 0 Å². The number of halogens is 1. The number of rotatable bonds is 6. The van der Waals surface area contributed by atoms with Gasteiger partial charge in [0, 0.05) is 19.0 Å². The topological polar surface area (TPSA) is 76.0 Å². The number of carbonyl (C=O) groups excluding carboxylic acids is 1. The van der Waals surface area contributed by atoms with E-state index in [0.717, 1.165) is 12.8 Å². The van der Waals surface area contributed by atoms with E-state index < -0.39 is 0 Å². The third-order valence-electron chi connectivity index (χ3n) is 3.04. The maximum Gasteiger partial charge on any atom is 0.283 e. The minimum Gasteiger partial charge on any atom is -0.382 e. The molecule has 110 valence electrons. The van der Waals surface area contributed by atoms with Crippen molar-refractivity contribution in [1.82, 2.24) is 15.1 Å². The van der Waals surface area contributed by atoms with E-state index in [4.69, 9.17) is 0 Å². The van der Waals surface area contributed by atoms with Crippen LogP contribution in [0.5, 0.6) is 0 Å². The Hall–Kier alpha value is -1.37. The van der Waals surface area contributed by atoms with Gasteiger partial charge >= 0.3 is 0 Å². The van der Waals surface area contributed by atoms with Gasteiger partial charge in [-0.3, -0.25) is 9.59 Å². The zero-order valence-electron chi connectivity index (χ0n) is 11.6. The standard InChI is InChI=1S/C13H19BrN4O2/c1-8(2)18-13(20)12(14)10(7-16-18)15-6-5-11(19)17-9-3-4-9/h7-9,15H,3-6H2,1-2H3,(H,17,19). The average Bonchev–Trinajstić information content (AvgIpc) is 3.18. The molecule has 1 heterocycles. The molecule has 1 aromatic heterocycles. The number of nitrogens with one attached hydrogen (secondary N) is 2. The number of nitrogens with zero attached hydrogens (tertiary/aromatic N) is 2. The van der Waals surface area contributed by atoms with Crippen LogP contribution in [0.4, 0.5) is 5.69 Å². The Kier molecular flexibility index (Phi) is 4.80. The Bertz CT molecular complexity index is 552. The molecule has 0 saturated heterocycles. The lowest BCUT2D eigenvalue weighted by Crippen LogP contribution is -2.28. The van der Waals surface area contributed by atoms with Gasteiger partial charge in [0.2, 0.25) is 5.91 Å². The molecule has 0 aromatic carbocycles. The second-order valence-electron chi connectivity index (χ2n) is 5.23. The summed E-state index contributed by atoms with van der Waals surface area (Å²) < 4.78 is 1.86. The molecule has 0 radical (unpaired) electrons. The van der Waals surface area contributed by atoms with Gasteiger partial charge in [0.25, 0.3) is 5.56 Å². The molecule has 7 heteroatoms. The first-order chi connectivity index (χ1) is 9.49. The zero-order chi connectivity index (χ0) is 14.7. The SMILES string of the molecule is CC(C)n1ncc(NCCC(=O)NC2CC2)c(Br)c1=O. The lowest BCUT2D eigenvalue weighted by atomic mass is 10.3. The van der Waals surface area contributed by atoms with Crippen molar-refractivity contribution in [2.24, 2.45) is 0 Å². The Morgan fingerprint density at radius 1 is 1.55 bits per heavy atom. The Morgan fingerprint density at radius 3 is 2.85 bits per heavy atom. The lowest BCUT2D eigenvalue weighted by molar-refractivity contribution is -0.120. The van der Waals surface area contributed by atoms with Gasteiger partial charge in [-0.25, -0.2) is 4.68 Å². The Balaban J connectivity index is 1.91. The van der Waals surface area contributed by atoms with Crippen molar-refractivity contribution < 1.29 is 4.79 Å². The molecule has 2 N–H and O–H groups in total. The molecule has 1 aliphatic carbocycles. The van der Waals surface area contributed by atoms with E-state index in [2.05, 4.69) is 31.7 Å². The molecule has 2 rings (SSSR count). The first kappa shape index (κ1) is 15.0. The minimum atomic E-state index is -0.174. The number of aromatic nitrogens is 2. The normalized spacial score (nSPS) is 14.4. The average molecular weight is 343 g/mol. The molecule has 0 bridgehead atoms. The molecular weight excluding hydrogens is 324 g/mol. The summed E-state index contributed by atoms with van der Waals surface area (Å²) >= 11 is 3.28. The minimum absolute atomic E-state index is 0.0113. The van der Waals surface area contributed by atoms with Crippen LogP contribution in [0.15, 0.2) is 15.5 Å². The molecular formula is C13H19BrN4O2. The molecule has 0 atom stereocenters. The molecule has 1 aromatic rings. The summed E-state index contributed by atoms with van der Waals surface area (Å²) in [6.45, 7) is 4.27. The summed E-state index contributed by atoms with van der Waals surface area (Å²) in [7, 11) is 0. The molecule has 6 nitrogen and oxygen atoms in total. The van der Waals surface area contributed by atoms with E-state index in [9.17, 15) is 9.59 Å². The fraction of sp³-hybridized carbons (Fsp3) is 0.615. The van der Waals surface area contributed by atoms with Crippen LogP contribution in [0.25, 0.3) is 0 Å². The van der Waals surface area contributed by atoms with Crippen molar-refractivity contribution in [1.29, 1.82) is 0 Å². The van der Waals surface area contributed by atoms with Crippen LogP contribution < -0.4 is 16.2 Å². The van der Waals surface area contributed by atoms with Crippen LogP contribution in [0.1, 0.15) is 39.2 Å². The van der Waals surface area contributed by atoms with Crippen LogP contribution >= 0.6 is 15.9 Å². The highest BCUT2D eigenvalue weighted by Crippen LogP contribution is 2.19. The number of hydrogen-bond donors (Lipinski definition) is 2. The highest BCUT2D eigenvalue weighted by atomic mass is 79.9. The van der Waals surface area contributed by atoms with E-state index in [1.165, 1.54) is 4.68 Å². The van der Waals surface area contributed by atoms with Crippen LogP contribution in [-0.2, 0) is 4.79 Å². The van der Waals surface area contributed by atoms with E-state index >= 15 is 0 Å². The molecule has 0 spiro atoms. The van der Waals surface area contributed by atoms with Crippen molar-refractivity contribution in [2.75, 3.05) is 11.9 Å². The molecule has 1 amide bonds. The zero-order valence-corrected chi connectivity index (χ0v) is 13.2. The smallest absolute Gasteiger partial charge is 0.283 e. The highest BCUT2D eigenvalue weighted by molar-refractivity contribution is 9.10. The second kappa shape index (κ2) is 6.39. The summed E-state index contributed by atoms with van der Waals surface area (Å²) in [6, 6.07) is 0.392. The summed E-state index contributed by atoms with van der Waals surface area (Å²) in [5, 5.41) is 10.1. The monoisotopic (exact) mass is 342 g/mol. The van der Waals surface area contributed by atoms with Gasteiger partial charge in [0.15, 0.2) is 0 Å². The van der Waals surface area contributed by atoms with Crippen LogP contribution in [-0.4, -0.2) is 28.3 Å². The van der Waals surface area contributed by atoms with E-state index in [1.807, 2.05) is 13.8 Å².